The number of carbonyl (C=O) groups excluding carboxylic acids is 1. The van der Waals surface area contributed by atoms with Crippen molar-refractivity contribution in [2.24, 2.45) is 0 Å². The van der Waals surface area contributed by atoms with E-state index >= 15 is 0 Å². The Bertz CT molecular complexity index is 1200. The largest absolute Gasteiger partial charge is 0.495 e. The number of benzene rings is 2. The quantitative estimate of drug-likeness (QED) is 0.360. The Hall–Kier alpha value is -3.11. The average Bonchev–Trinajstić information content (AvgIpc) is 3.18. The van der Waals surface area contributed by atoms with Crippen LogP contribution in [-0.2, 0) is 9.31 Å². The predicted octanol–water partition coefficient (Wildman–Crippen LogP) is 3.82. The van der Waals surface area contributed by atoms with E-state index in [0.717, 1.165) is 0 Å². The van der Waals surface area contributed by atoms with E-state index in [1.165, 1.54) is 10.8 Å². The molecule has 0 saturated carbocycles. The van der Waals surface area contributed by atoms with Gasteiger partial charge in [0, 0.05) is 11.8 Å². The SMILES string of the molecule is CC1(C)OB(c2cccc3c2ccn3C(=O)c2cc(F)c([N+](=O)[O-])c(F)c2)OC1(C)C. The van der Waals surface area contributed by atoms with Crippen molar-refractivity contribution in [3.05, 3.63) is 69.9 Å². The Labute approximate surface area is 176 Å². The molecular weight excluding hydrogens is 409 g/mol. The van der Waals surface area contributed by atoms with Gasteiger partial charge in [-0.3, -0.25) is 19.5 Å². The standard InChI is InChI=1S/C21H19BF2N2O5/c1-20(2)21(3,4)31-22(30-20)14-6-5-7-17-13(14)8-9-25(17)19(27)12-10-15(23)18(26(28)29)16(24)11-12/h5-11H,1-4H3. The summed E-state index contributed by atoms with van der Waals surface area (Å²) in [6.45, 7) is 7.72. The van der Waals surface area contributed by atoms with Gasteiger partial charge in [0.15, 0.2) is 0 Å². The molecule has 3 aromatic rings. The van der Waals surface area contributed by atoms with E-state index in [1.807, 2.05) is 33.8 Å². The molecule has 10 heteroatoms. The lowest BCUT2D eigenvalue weighted by Gasteiger charge is -2.32. The van der Waals surface area contributed by atoms with Crippen LogP contribution in [0.4, 0.5) is 14.5 Å². The normalized spacial score (nSPS) is 17.3. The topological polar surface area (TPSA) is 83.6 Å². The second kappa shape index (κ2) is 6.96. The molecule has 1 saturated heterocycles. The van der Waals surface area contributed by atoms with E-state index in [0.29, 0.717) is 28.5 Å². The van der Waals surface area contributed by atoms with Crippen LogP contribution in [0.15, 0.2) is 42.6 Å². The van der Waals surface area contributed by atoms with E-state index in [-0.39, 0.29) is 5.56 Å². The number of nitro benzene ring substituents is 1. The molecule has 1 aromatic heterocycles. The molecule has 0 spiro atoms. The summed E-state index contributed by atoms with van der Waals surface area (Å²) in [5.74, 6) is -3.56. The van der Waals surface area contributed by atoms with Crippen molar-refractivity contribution in [2.75, 3.05) is 0 Å². The first-order valence-corrected chi connectivity index (χ1v) is 9.57. The molecule has 0 atom stereocenters. The van der Waals surface area contributed by atoms with Crippen molar-refractivity contribution in [3.63, 3.8) is 0 Å². The number of nitrogens with zero attached hydrogens (tertiary/aromatic N) is 2. The summed E-state index contributed by atoms with van der Waals surface area (Å²) < 4.78 is 41.5. The van der Waals surface area contributed by atoms with Gasteiger partial charge in [-0.25, -0.2) is 0 Å². The molecule has 0 radical (unpaired) electrons. The number of hydrogen-bond donors (Lipinski definition) is 0. The van der Waals surface area contributed by atoms with Gasteiger partial charge in [0.05, 0.1) is 21.6 Å². The van der Waals surface area contributed by atoms with E-state index in [9.17, 15) is 23.7 Å². The van der Waals surface area contributed by atoms with Gasteiger partial charge in [-0.1, -0.05) is 12.1 Å². The van der Waals surface area contributed by atoms with Crippen molar-refractivity contribution in [1.82, 2.24) is 4.57 Å². The zero-order valence-electron chi connectivity index (χ0n) is 17.3. The molecule has 0 unspecified atom stereocenters. The van der Waals surface area contributed by atoms with Gasteiger partial charge in [0.2, 0.25) is 11.6 Å². The maximum atomic E-state index is 14.0. The first kappa shape index (κ1) is 21.1. The van der Waals surface area contributed by atoms with E-state index in [1.54, 1.807) is 18.2 Å². The average molecular weight is 428 g/mol. The van der Waals surface area contributed by atoms with Crippen LogP contribution in [-0.4, -0.2) is 33.7 Å². The zero-order valence-corrected chi connectivity index (χ0v) is 17.3. The summed E-state index contributed by atoms with van der Waals surface area (Å²) in [7, 11) is -0.658. The molecule has 2 aromatic carbocycles. The molecule has 1 fully saturated rings. The zero-order chi connectivity index (χ0) is 22.7. The Morgan fingerprint density at radius 2 is 1.65 bits per heavy atom. The summed E-state index contributed by atoms with van der Waals surface area (Å²) in [6.07, 6.45) is 1.47. The molecule has 0 aliphatic carbocycles. The lowest BCUT2D eigenvalue weighted by molar-refractivity contribution is -0.390. The van der Waals surface area contributed by atoms with Gasteiger partial charge in [0.1, 0.15) is 0 Å². The summed E-state index contributed by atoms with van der Waals surface area (Å²) >= 11 is 0. The third kappa shape index (κ3) is 3.32. The minimum absolute atomic E-state index is 0.348. The van der Waals surface area contributed by atoms with Crippen molar-refractivity contribution in [3.8, 4) is 0 Å². The summed E-state index contributed by atoms with van der Waals surface area (Å²) in [4.78, 5) is 22.6. The number of carbonyl (C=O) groups is 1. The molecule has 0 amide bonds. The number of rotatable bonds is 3. The lowest BCUT2D eigenvalue weighted by Crippen LogP contribution is -2.41. The van der Waals surface area contributed by atoms with Crippen LogP contribution < -0.4 is 5.46 Å². The van der Waals surface area contributed by atoms with Crippen LogP contribution in [0.5, 0.6) is 0 Å². The fraction of sp³-hybridized carbons (Fsp3) is 0.286. The first-order chi connectivity index (χ1) is 14.4. The molecule has 0 bridgehead atoms. The highest BCUT2D eigenvalue weighted by Gasteiger charge is 2.52. The molecular formula is C21H19BF2N2O5. The Balaban J connectivity index is 1.76. The van der Waals surface area contributed by atoms with E-state index in [2.05, 4.69) is 0 Å². The molecule has 160 valence electrons. The van der Waals surface area contributed by atoms with Crippen molar-refractivity contribution >= 4 is 35.1 Å². The lowest BCUT2D eigenvalue weighted by atomic mass is 9.77. The summed E-state index contributed by atoms with van der Waals surface area (Å²) in [5, 5.41) is 11.5. The van der Waals surface area contributed by atoms with Crippen LogP contribution in [0.25, 0.3) is 10.9 Å². The Morgan fingerprint density at radius 1 is 1.06 bits per heavy atom. The van der Waals surface area contributed by atoms with Gasteiger partial charge < -0.3 is 9.31 Å². The van der Waals surface area contributed by atoms with Gasteiger partial charge in [-0.2, -0.15) is 8.78 Å². The van der Waals surface area contributed by atoms with Crippen LogP contribution >= 0.6 is 0 Å². The molecule has 7 nitrogen and oxygen atoms in total. The number of nitro groups is 1. The Morgan fingerprint density at radius 3 is 2.19 bits per heavy atom. The monoisotopic (exact) mass is 428 g/mol. The second-order valence-electron chi connectivity index (χ2n) is 8.40. The Kier molecular flexibility index (Phi) is 4.75. The fourth-order valence-electron chi connectivity index (χ4n) is 3.55. The number of fused-ring (bicyclic) bond motifs is 1. The maximum Gasteiger partial charge on any atom is 0.495 e. The molecule has 1 aliphatic heterocycles. The van der Waals surface area contributed by atoms with Crippen LogP contribution in [0.1, 0.15) is 38.1 Å². The molecule has 31 heavy (non-hydrogen) atoms. The van der Waals surface area contributed by atoms with E-state index in [4.69, 9.17) is 9.31 Å². The van der Waals surface area contributed by atoms with Gasteiger partial charge in [-0.15, -0.1) is 0 Å². The number of aromatic nitrogens is 1. The highest BCUT2D eigenvalue weighted by Crippen LogP contribution is 2.37. The second-order valence-corrected chi connectivity index (χ2v) is 8.40. The molecule has 4 rings (SSSR count). The van der Waals surface area contributed by atoms with Crippen molar-refractivity contribution in [1.29, 1.82) is 0 Å². The van der Waals surface area contributed by atoms with Crippen molar-refractivity contribution < 1.29 is 27.8 Å². The molecule has 1 aliphatic rings. The van der Waals surface area contributed by atoms with E-state index < -0.39 is 46.5 Å². The fourth-order valence-corrected chi connectivity index (χ4v) is 3.55. The minimum Gasteiger partial charge on any atom is -0.399 e. The third-order valence-electron chi connectivity index (χ3n) is 5.94. The predicted molar refractivity (Wildman–Crippen MR) is 110 cm³/mol. The van der Waals surface area contributed by atoms with Crippen LogP contribution in [0.2, 0.25) is 0 Å². The minimum atomic E-state index is -1.41. The van der Waals surface area contributed by atoms with Gasteiger partial charge in [0.25, 0.3) is 5.91 Å². The van der Waals surface area contributed by atoms with Crippen LogP contribution in [0.3, 0.4) is 0 Å². The first-order valence-electron chi connectivity index (χ1n) is 9.57. The summed E-state index contributed by atoms with van der Waals surface area (Å²) in [6, 6.07) is 8.24. The van der Waals surface area contributed by atoms with Crippen LogP contribution in [0, 0.1) is 21.7 Å². The highest BCUT2D eigenvalue weighted by molar-refractivity contribution is 6.65. The van der Waals surface area contributed by atoms with Gasteiger partial charge in [-0.05, 0) is 62.8 Å². The summed E-state index contributed by atoms with van der Waals surface area (Å²) in [5.41, 5.74) is -1.55. The van der Waals surface area contributed by atoms with Gasteiger partial charge >= 0.3 is 12.8 Å². The third-order valence-corrected chi connectivity index (χ3v) is 5.94. The number of hydrogen-bond acceptors (Lipinski definition) is 5. The number of halogens is 2. The maximum absolute atomic E-state index is 14.0. The smallest absolute Gasteiger partial charge is 0.399 e. The van der Waals surface area contributed by atoms with Crippen molar-refractivity contribution in [2.45, 2.75) is 38.9 Å². The molecule has 0 N–H and O–H groups in total. The highest BCUT2D eigenvalue weighted by atomic mass is 19.1. The molecule has 2 heterocycles.